The van der Waals surface area contributed by atoms with E-state index in [0.717, 1.165) is 18.6 Å². The summed E-state index contributed by atoms with van der Waals surface area (Å²) in [7, 11) is 0. The van der Waals surface area contributed by atoms with Gasteiger partial charge in [0.25, 0.3) is 0 Å². The SMILES string of the molecule is C=Cc1ccc(-c2ccc(COCC/C=C/C)cc2)cc1. The van der Waals surface area contributed by atoms with Crippen molar-refractivity contribution >= 4 is 6.08 Å². The fourth-order valence-corrected chi connectivity index (χ4v) is 2.11. The first-order valence-corrected chi connectivity index (χ1v) is 7.34. The molecule has 0 amide bonds. The molecule has 0 fully saturated rings. The number of hydrogen-bond acceptors (Lipinski definition) is 1. The zero-order chi connectivity index (χ0) is 14.9. The summed E-state index contributed by atoms with van der Waals surface area (Å²) in [5.41, 5.74) is 4.80. The normalized spacial score (nSPS) is 10.9. The smallest absolute Gasteiger partial charge is 0.0717 e. The van der Waals surface area contributed by atoms with E-state index >= 15 is 0 Å². The second-order valence-corrected chi connectivity index (χ2v) is 4.93. The summed E-state index contributed by atoms with van der Waals surface area (Å²) in [4.78, 5) is 0. The van der Waals surface area contributed by atoms with Gasteiger partial charge in [-0.15, -0.1) is 0 Å². The van der Waals surface area contributed by atoms with E-state index in [1.807, 2.05) is 13.0 Å². The molecular formula is C20H22O. The highest BCUT2D eigenvalue weighted by Gasteiger charge is 1.98. The molecule has 1 nitrogen and oxygen atoms in total. The quantitative estimate of drug-likeness (QED) is 0.481. The van der Waals surface area contributed by atoms with Crippen LogP contribution < -0.4 is 0 Å². The maximum atomic E-state index is 5.64. The molecule has 0 radical (unpaired) electrons. The number of ether oxygens (including phenoxy) is 1. The van der Waals surface area contributed by atoms with Crippen LogP contribution in [0.4, 0.5) is 0 Å². The first kappa shape index (κ1) is 15.3. The van der Waals surface area contributed by atoms with E-state index in [2.05, 4.69) is 67.3 Å². The fraction of sp³-hybridized carbons (Fsp3) is 0.200. The number of hydrogen-bond donors (Lipinski definition) is 0. The molecule has 0 N–H and O–H groups in total. The maximum absolute atomic E-state index is 5.64. The largest absolute Gasteiger partial charge is 0.376 e. The number of rotatable bonds is 7. The average molecular weight is 278 g/mol. The Kier molecular flexibility index (Phi) is 5.99. The molecule has 21 heavy (non-hydrogen) atoms. The van der Waals surface area contributed by atoms with Gasteiger partial charge >= 0.3 is 0 Å². The standard InChI is InChI=1S/C20H22O/c1-3-5-6-15-21-16-18-9-13-20(14-10-18)19-11-7-17(4-2)8-12-19/h3-5,7-14H,2,6,15-16H2,1H3/b5-3+. The second-order valence-electron chi connectivity index (χ2n) is 4.93. The van der Waals surface area contributed by atoms with Gasteiger partial charge in [0, 0.05) is 0 Å². The molecule has 0 aliphatic heterocycles. The van der Waals surface area contributed by atoms with Crippen LogP contribution in [0.15, 0.2) is 67.3 Å². The second kappa shape index (κ2) is 8.23. The topological polar surface area (TPSA) is 9.23 Å². The molecule has 0 aliphatic rings. The zero-order valence-electron chi connectivity index (χ0n) is 12.6. The van der Waals surface area contributed by atoms with Gasteiger partial charge in [0.1, 0.15) is 0 Å². The highest BCUT2D eigenvalue weighted by atomic mass is 16.5. The third-order valence-electron chi connectivity index (χ3n) is 3.37. The van der Waals surface area contributed by atoms with Gasteiger partial charge in [0.2, 0.25) is 0 Å². The summed E-state index contributed by atoms with van der Waals surface area (Å²) in [6.45, 7) is 7.25. The van der Waals surface area contributed by atoms with Crippen LogP contribution in [0.1, 0.15) is 24.5 Å². The van der Waals surface area contributed by atoms with Crippen LogP contribution in [0.3, 0.4) is 0 Å². The molecule has 0 aromatic heterocycles. The predicted octanol–water partition coefficient (Wildman–Crippen LogP) is 5.48. The van der Waals surface area contributed by atoms with E-state index < -0.39 is 0 Å². The summed E-state index contributed by atoms with van der Waals surface area (Å²) in [6, 6.07) is 17.0. The molecule has 0 spiro atoms. The van der Waals surface area contributed by atoms with Crippen LogP contribution in [0.5, 0.6) is 0 Å². The molecule has 0 heterocycles. The van der Waals surface area contributed by atoms with Crippen molar-refractivity contribution in [2.24, 2.45) is 0 Å². The van der Waals surface area contributed by atoms with Crippen molar-refractivity contribution in [1.82, 2.24) is 0 Å². The van der Waals surface area contributed by atoms with Crippen molar-refractivity contribution < 1.29 is 4.74 Å². The van der Waals surface area contributed by atoms with Crippen molar-refractivity contribution in [3.63, 3.8) is 0 Å². The Morgan fingerprint density at radius 2 is 1.57 bits per heavy atom. The Balaban J connectivity index is 1.93. The van der Waals surface area contributed by atoms with Crippen LogP contribution >= 0.6 is 0 Å². The Morgan fingerprint density at radius 3 is 2.14 bits per heavy atom. The molecule has 0 saturated carbocycles. The fourth-order valence-electron chi connectivity index (χ4n) is 2.11. The number of allylic oxidation sites excluding steroid dienone is 1. The minimum atomic E-state index is 0.674. The summed E-state index contributed by atoms with van der Waals surface area (Å²) in [6.07, 6.45) is 7.01. The number of benzene rings is 2. The van der Waals surface area contributed by atoms with Crippen LogP contribution in [0.25, 0.3) is 17.2 Å². The van der Waals surface area contributed by atoms with Crippen molar-refractivity contribution in [2.45, 2.75) is 20.0 Å². The van der Waals surface area contributed by atoms with E-state index in [1.165, 1.54) is 16.7 Å². The first-order valence-electron chi connectivity index (χ1n) is 7.34. The molecular weight excluding hydrogens is 256 g/mol. The van der Waals surface area contributed by atoms with Gasteiger partial charge in [-0.3, -0.25) is 0 Å². The lowest BCUT2D eigenvalue weighted by molar-refractivity contribution is 0.125. The van der Waals surface area contributed by atoms with Gasteiger partial charge in [-0.1, -0.05) is 73.3 Å². The van der Waals surface area contributed by atoms with Gasteiger partial charge < -0.3 is 4.74 Å². The van der Waals surface area contributed by atoms with Crippen LogP contribution in [-0.2, 0) is 11.3 Å². The van der Waals surface area contributed by atoms with Gasteiger partial charge in [0.15, 0.2) is 0 Å². The van der Waals surface area contributed by atoms with E-state index in [9.17, 15) is 0 Å². The van der Waals surface area contributed by atoms with Crippen molar-refractivity contribution in [1.29, 1.82) is 0 Å². The van der Waals surface area contributed by atoms with Crippen molar-refractivity contribution in [3.05, 3.63) is 78.4 Å². The monoisotopic (exact) mass is 278 g/mol. The van der Waals surface area contributed by atoms with Crippen LogP contribution in [0.2, 0.25) is 0 Å². The Bertz CT molecular complexity index is 576. The lowest BCUT2D eigenvalue weighted by Gasteiger charge is -2.06. The molecule has 2 aromatic carbocycles. The molecule has 2 aromatic rings. The van der Waals surface area contributed by atoms with E-state index in [1.54, 1.807) is 0 Å². The Hall–Kier alpha value is -2.12. The molecule has 0 aliphatic carbocycles. The van der Waals surface area contributed by atoms with Crippen molar-refractivity contribution in [2.75, 3.05) is 6.61 Å². The Labute approximate surface area is 127 Å². The predicted molar refractivity (Wildman–Crippen MR) is 91.1 cm³/mol. The Morgan fingerprint density at radius 1 is 0.952 bits per heavy atom. The molecule has 0 saturated heterocycles. The molecule has 0 atom stereocenters. The van der Waals surface area contributed by atoms with E-state index in [0.29, 0.717) is 6.61 Å². The summed E-state index contributed by atoms with van der Waals surface area (Å²) >= 11 is 0. The van der Waals surface area contributed by atoms with Crippen molar-refractivity contribution in [3.8, 4) is 11.1 Å². The third kappa shape index (κ3) is 4.73. The summed E-state index contributed by atoms with van der Waals surface area (Å²) in [5, 5.41) is 0. The third-order valence-corrected chi connectivity index (χ3v) is 3.37. The van der Waals surface area contributed by atoms with E-state index in [4.69, 9.17) is 4.74 Å². The first-order chi connectivity index (χ1) is 10.3. The molecule has 108 valence electrons. The molecule has 1 heteroatoms. The lowest BCUT2D eigenvalue weighted by atomic mass is 10.0. The lowest BCUT2D eigenvalue weighted by Crippen LogP contribution is -1.94. The van der Waals surface area contributed by atoms with Gasteiger partial charge in [-0.25, -0.2) is 0 Å². The summed E-state index contributed by atoms with van der Waals surface area (Å²) in [5.74, 6) is 0. The molecule has 2 rings (SSSR count). The van der Waals surface area contributed by atoms with Gasteiger partial charge in [0.05, 0.1) is 13.2 Å². The zero-order valence-corrected chi connectivity index (χ0v) is 12.6. The van der Waals surface area contributed by atoms with Crippen LogP contribution in [-0.4, -0.2) is 6.61 Å². The van der Waals surface area contributed by atoms with Crippen LogP contribution in [0, 0.1) is 0 Å². The molecule has 0 unspecified atom stereocenters. The van der Waals surface area contributed by atoms with E-state index in [-0.39, 0.29) is 0 Å². The summed E-state index contributed by atoms with van der Waals surface area (Å²) < 4.78 is 5.64. The van der Waals surface area contributed by atoms with Gasteiger partial charge in [-0.05, 0) is 35.6 Å². The molecule has 0 bridgehead atoms. The minimum Gasteiger partial charge on any atom is -0.376 e. The average Bonchev–Trinajstić information content (AvgIpc) is 2.55. The highest BCUT2D eigenvalue weighted by Crippen LogP contribution is 2.21. The minimum absolute atomic E-state index is 0.674. The van der Waals surface area contributed by atoms with Gasteiger partial charge in [-0.2, -0.15) is 0 Å². The highest BCUT2D eigenvalue weighted by molar-refractivity contribution is 5.65. The maximum Gasteiger partial charge on any atom is 0.0717 e.